The number of carboxylic acid groups (broad SMARTS) is 1. The number of nitrogens with two attached hydrogens (primary N) is 1. The number of carbonyl (C=O) groups is 3. The zero-order valence-electron chi connectivity index (χ0n) is 17.0. The van der Waals surface area contributed by atoms with Crippen molar-refractivity contribution in [3.63, 3.8) is 0 Å². The average Bonchev–Trinajstić information content (AvgIpc) is 3.22. The molecule has 2 aliphatic rings. The van der Waals surface area contributed by atoms with E-state index in [9.17, 15) is 19.5 Å². The molecule has 2 atom stereocenters. The predicted octanol–water partition coefficient (Wildman–Crippen LogP) is 1.14. The van der Waals surface area contributed by atoms with Gasteiger partial charge < -0.3 is 21.0 Å². The number of hydrogen-bond acceptors (Lipinski definition) is 11. The minimum absolute atomic E-state index is 0.0577. The number of thioether (sulfide) groups is 2. The third-order valence-corrected chi connectivity index (χ3v) is 7.22. The Morgan fingerprint density at radius 2 is 2.36 bits per heavy atom. The van der Waals surface area contributed by atoms with Crippen LogP contribution in [0.4, 0.5) is 5.13 Å². The van der Waals surface area contributed by atoms with Crippen LogP contribution in [0, 0.1) is 11.3 Å². The van der Waals surface area contributed by atoms with E-state index in [1.165, 1.54) is 46.0 Å². The summed E-state index contributed by atoms with van der Waals surface area (Å²) in [6.45, 7) is 3.56. The number of amides is 2. The smallest absolute Gasteiger partial charge is 0.352 e. The Bertz CT molecular complexity index is 1110. The summed E-state index contributed by atoms with van der Waals surface area (Å²) in [6, 6.07) is 0.918. The molecule has 2 amide bonds. The van der Waals surface area contributed by atoms with E-state index >= 15 is 0 Å². The number of allylic oxidation sites excluding steroid dienone is 1. The van der Waals surface area contributed by atoms with Crippen LogP contribution in [0.2, 0.25) is 0 Å². The number of carbonyl (C=O) groups excluding carboxylic acids is 2. The highest BCUT2D eigenvalue weighted by Gasteiger charge is 2.54. The van der Waals surface area contributed by atoms with E-state index in [4.69, 9.17) is 15.8 Å². The van der Waals surface area contributed by atoms with Crippen LogP contribution in [0.3, 0.4) is 0 Å². The first-order chi connectivity index (χ1) is 15.9. The number of rotatable bonds is 10. The molecule has 3 heterocycles. The fourth-order valence-corrected chi connectivity index (χ4v) is 5.70. The highest BCUT2D eigenvalue weighted by Crippen LogP contribution is 2.41. The number of thiazole rings is 1. The van der Waals surface area contributed by atoms with Crippen LogP contribution in [0.25, 0.3) is 0 Å². The van der Waals surface area contributed by atoms with Crippen LogP contribution in [0.15, 0.2) is 45.9 Å². The second kappa shape index (κ2) is 11.0. The number of aliphatic carboxylic acids is 1. The SMILES string of the molecule is C=CCO/N=C(\C(=O)NC1C(=O)N2C(C(=O)O)=C(CS/C=C/C#N)CS[C@H]12)c1csc(N)n1. The predicted molar refractivity (Wildman–Crippen MR) is 126 cm³/mol. The molecule has 172 valence electrons. The minimum Gasteiger partial charge on any atom is -0.477 e. The maximum atomic E-state index is 12.9. The highest BCUT2D eigenvalue weighted by atomic mass is 32.2. The van der Waals surface area contributed by atoms with E-state index in [1.54, 1.807) is 5.41 Å². The number of hydrogen-bond donors (Lipinski definition) is 3. The summed E-state index contributed by atoms with van der Waals surface area (Å²) in [6.07, 6.45) is 2.74. The van der Waals surface area contributed by atoms with Gasteiger partial charge in [-0.05, 0) is 11.0 Å². The number of anilines is 1. The van der Waals surface area contributed by atoms with Gasteiger partial charge in [0.2, 0.25) is 0 Å². The van der Waals surface area contributed by atoms with Crippen LogP contribution in [0.1, 0.15) is 5.69 Å². The molecule has 14 heteroatoms. The van der Waals surface area contributed by atoms with Gasteiger partial charge in [-0.25, -0.2) is 9.78 Å². The van der Waals surface area contributed by atoms with E-state index < -0.39 is 29.2 Å². The van der Waals surface area contributed by atoms with Crippen molar-refractivity contribution in [2.45, 2.75) is 11.4 Å². The first kappa shape index (κ1) is 24.4. The van der Waals surface area contributed by atoms with Gasteiger partial charge in [-0.3, -0.25) is 14.5 Å². The quantitative estimate of drug-likeness (QED) is 0.104. The molecule has 0 bridgehead atoms. The number of nitrogens with zero attached hydrogens (tertiary/aromatic N) is 4. The Labute approximate surface area is 201 Å². The molecule has 1 fully saturated rings. The molecule has 0 saturated carbocycles. The molecule has 0 aromatic carbocycles. The lowest BCUT2D eigenvalue weighted by atomic mass is 10.0. The second-order valence-corrected chi connectivity index (χ2v) is 9.35. The molecule has 0 spiro atoms. The molecule has 0 radical (unpaired) electrons. The van der Waals surface area contributed by atoms with Gasteiger partial charge in [0.25, 0.3) is 11.8 Å². The van der Waals surface area contributed by atoms with Gasteiger partial charge in [0, 0.05) is 23.0 Å². The van der Waals surface area contributed by atoms with Crippen molar-refractivity contribution in [3.05, 3.63) is 46.5 Å². The van der Waals surface area contributed by atoms with Gasteiger partial charge in [-0.1, -0.05) is 17.8 Å². The summed E-state index contributed by atoms with van der Waals surface area (Å²) >= 11 is 3.72. The Hall–Kier alpha value is -3.28. The average molecular weight is 507 g/mol. The molecule has 2 aliphatic heterocycles. The van der Waals surface area contributed by atoms with E-state index in [0.717, 1.165) is 11.3 Å². The first-order valence-corrected chi connectivity index (χ1v) is 12.3. The van der Waals surface area contributed by atoms with E-state index in [2.05, 4.69) is 22.0 Å². The summed E-state index contributed by atoms with van der Waals surface area (Å²) in [5.41, 5.74) is 6.14. The highest BCUT2D eigenvalue weighted by molar-refractivity contribution is 8.02. The fraction of sp³-hybridized carbons (Fsp3) is 0.263. The molecule has 4 N–H and O–H groups in total. The van der Waals surface area contributed by atoms with Crippen molar-refractivity contribution < 1.29 is 24.3 Å². The molecule has 1 saturated heterocycles. The molecule has 1 aromatic heterocycles. The number of nitrogens with one attached hydrogen (secondary N) is 1. The maximum absolute atomic E-state index is 12.9. The third kappa shape index (κ3) is 5.38. The van der Waals surface area contributed by atoms with Gasteiger partial charge in [-0.2, -0.15) is 5.26 Å². The molecule has 33 heavy (non-hydrogen) atoms. The molecular formula is C19H18N6O5S3. The maximum Gasteiger partial charge on any atom is 0.352 e. The lowest BCUT2D eigenvalue weighted by molar-refractivity contribution is -0.150. The number of nitriles is 1. The Balaban J connectivity index is 1.76. The summed E-state index contributed by atoms with van der Waals surface area (Å²) < 4.78 is 0. The zero-order valence-corrected chi connectivity index (χ0v) is 19.4. The summed E-state index contributed by atoms with van der Waals surface area (Å²) in [5, 5.41) is 27.4. The molecule has 11 nitrogen and oxygen atoms in total. The number of fused-ring (bicyclic) bond motifs is 1. The number of β-lactam (4-membered cyclic amide) rings is 1. The molecule has 1 aromatic rings. The van der Waals surface area contributed by atoms with E-state index in [1.807, 2.05) is 6.07 Å². The van der Waals surface area contributed by atoms with Crippen molar-refractivity contribution in [2.24, 2.45) is 5.16 Å². The summed E-state index contributed by atoms with van der Waals surface area (Å²) in [4.78, 5) is 47.8. The van der Waals surface area contributed by atoms with E-state index in [-0.39, 0.29) is 28.8 Å². The lowest BCUT2D eigenvalue weighted by Crippen LogP contribution is -2.71. The van der Waals surface area contributed by atoms with Crippen molar-refractivity contribution >= 4 is 63.5 Å². The topological polar surface area (TPSA) is 171 Å². The first-order valence-electron chi connectivity index (χ1n) is 9.28. The van der Waals surface area contributed by atoms with Crippen LogP contribution >= 0.6 is 34.9 Å². The van der Waals surface area contributed by atoms with Crippen LogP contribution in [-0.2, 0) is 19.2 Å². The van der Waals surface area contributed by atoms with Gasteiger partial charge >= 0.3 is 5.97 Å². The van der Waals surface area contributed by atoms with Gasteiger partial charge in [0.1, 0.15) is 29.4 Å². The number of nitrogen functional groups attached to an aromatic ring is 1. The summed E-state index contributed by atoms with van der Waals surface area (Å²) in [7, 11) is 0. The van der Waals surface area contributed by atoms with Gasteiger partial charge in [-0.15, -0.1) is 34.9 Å². The Morgan fingerprint density at radius 1 is 1.58 bits per heavy atom. The third-order valence-electron chi connectivity index (χ3n) is 4.36. The van der Waals surface area contributed by atoms with Crippen molar-refractivity contribution in [1.29, 1.82) is 5.26 Å². The van der Waals surface area contributed by atoms with Crippen molar-refractivity contribution in [1.82, 2.24) is 15.2 Å². The normalized spacial score (nSPS) is 20.2. The number of carboxylic acids is 1. The monoisotopic (exact) mass is 506 g/mol. The lowest BCUT2D eigenvalue weighted by Gasteiger charge is -2.49. The largest absolute Gasteiger partial charge is 0.477 e. The minimum atomic E-state index is -1.23. The number of aromatic nitrogens is 1. The van der Waals surface area contributed by atoms with Crippen LogP contribution < -0.4 is 11.1 Å². The Kier molecular flexibility index (Phi) is 8.15. The Morgan fingerprint density at radius 3 is 3.00 bits per heavy atom. The van der Waals surface area contributed by atoms with Crippen molar-refractivity contribution in [3.8, 4) is 6.07 Å². The van der Waals surface area contributed by atoms with Crippen molar-refractivity contribution in [2.75, 3.05) is 23.8 Å². The molecule has 0 aliphatic carbocycles. The van der Waals surface area contributed by atoms with Crippen LogP contribution in [0.5, 0.6) is 0 Å². The molecule has 1 unspecified atom stereocenters. The zero-order chi connectivity index (χ0) is 24.0. The van der Waals surface area contributed by atoms with Gasteiger partial charge in [0.15, 0.2) is 10.8 Å². The molecule has 3 rings (SSSR count). The van der Waals surface area contributed by atoms with E-state index in [0.29, 0.717) is 17.1 Å². The summed E-state index contributed by atoms with van der Waals surface area (Å²) in [5.74, 6) is -1.79. The number of oxime groups is 1. The standard InChI is InChI=1S/C19H18N6O5S3/c1-2-5-30-24-12(11-9-33-19(21)22-11)15(26)23-13-16(27)25-14(18(28)29)10(8-32-17(13)25)7-31-6-3-4-20/h2-3,6,9,13,17H,1,5,7-8H2,(H2,21,22)(H,23,26)(H,28,29)/b6-3+,24-12-/t13?,17-/m1/s1. The second-order valence-electron chi connectivity index (χ2n) is 6.46. The molecular weight excluding hydrogens is 488 g/mol. The van der Waals surface area contributed by atoms with Gasteiger partial charge in [0.05, 0.1) is 6.07 Å². The van der Waals surface area contributed by atoms with Crippen LogP contribution in [-0.4, -0.2) is 68.0 Å². The fourth-order valence-electron chi connectivity index (χ4n) is 2.99.